The van der Waals surface area contributed by atoms with Gasteiger partial charge in [-0.1, -0.05) is 29.3 Å². The van der Waals surface area contributed by atoms with Crippen molar-refractivity contribution in [2.45, 2.75) is 13.8 Å². The van der Waals surface area contributed by atoms with Crippen LogP contribution in [0, 0.1) is 13.8 Å². The molecule has 0 amide bonds. The fraction of sp³-hybridized carbons (Fsp3) is 0.250. The monoisotopic (exact) mass is 186 g/mol. The predicted molar refractivity (Wildman–Crippen MR) is 53.0 cm³/mol. The SMILES string of the molecule is Cc1ccc(B(Cl)Cl)c(C)c1. The second kappa shape index (κ2) is 3.51. The van der Waals surface area contributed by atoms with E-state index in [9.17, 15) is 0 Å². The fourth-order valence-electron chi connectivity index (χ4n) is 1.07. The molecular weight excluding hydrogens is 178 g/mol. The number of hydrogen-bond acceptors (Lipinski definition) is 0. The molecule has 0 saturated carbocycles. The second-order valence-corrected chi connectivity index (χ2v) is 3.76. The van der Waals surface area contributed by atoms with E-state index in [1.165, 1.54) is 5.56 Å². The third-order valence-corrected chi connectivity index (χ3v) is 2.13. The highest BCUT2D eigenvalue weighted by Crippen LogP contribution is 2.05. The molecule has 1 aromatic rings. The predicted octanol–water partition coefficient (Wildman–Crippen LogP) is 2.48. The maximum atomic E-state index is 5.73. The van der Waals surface area contributed by atoms with Gasteiger partial charge in [0.1, 0.15) is 0 Å². The summed E-state index contributed by atoms with van der Waals surface area (Å²) >= 11 is 11.5. The average Bonchev–Trinajstić information content (AvgIpc) is 1.85. The number of halogens is 2. The van der Waals surface area contributed by atoms with E-state index in [1.807, 2.05) is 26.0 Å². The highest BCUT2D eigenvalue weighted by atomic mass is 35.5. The summed E-state index contributed by atoms with van der Waals surface area (Å²) in [5.74, 6) is 0. The Bertz CT molecular complexity index is 258. The Morgan fingerprint density at radius 1 is 1.18 bits per heavy atom. The lowest BCUT2D eigenvalue weighted by Crippen LogP contribution is -2.21. The minimum absolute atomic E-state index is 0.407. The number of benzene rings is 1. The molecule has 0 radical (unpaired) electrons. The maximum absolute atomic E-state index is 5.73. The van der Waals surface area contributed by atoms with Crippen molar-refractivity contribution >= 4 is 33.9 Å². The largest absolute Gasteiger partial charge is 0.383 e. The molecule has 0 aliphatic carbocycles. The topological polar surface area (TPSA) is 0 Å². The molecule has 0 N–H and O–H groups in total. The number of hydrogen-bond donors (Lipinski definition) is 0. The Hall–Kier alpha value is -0.135. The zero-order chi connectivity index (χ0) is 8.43. The average molecular weight is 187 g/mol. The third-order valence-electron chi connectivity index (χ3n) is 1.66. The lowest BCUT2D eigenvalue weighted by atomic mass is 9.88. The molecule has 11 heavy (non-hydrogen) atoms. The normalized spacial score (nSPS) is 9.82. The van der Waals surface area contributed by atoms with Gasteiger partial charge in [-0.2, -0.15) is 22.9 Å². The van der Waals surface area contributed by atoms with Crippen LogP contribution in [0.1, 0.15) is 11.1 Å². The van der Waals surface area contributed by atoms with Gasteiger partial charge in [-0.25, -0.2) is 0 Å². The van der Waals surface area contributed by atoms with Crippen LogP contribution in [-0.2, 0) is 0 Å². The Morgan fingerprint density at radius 2 is 1.82 bits per heavy atom. The summed E-state index contributed by atoms with van der Waals surface area (Å²) in [6, 6.07) is 6.06. The standard InChI is InChI=1S/C8H9BCl2/c1-6-3-4-8(9(10)11)7(2)5-6/h3-5H,1-2H3. The first kappa shape index (κ1) is 8.96. The third kappa shape index (κ3) is 2.15. The van der Waals surface area contributed by atoms with Gasteiger partial charge in [-0.15, -0.1) is 0 Å². The minimum atomic E-state index is -0.407. The van der Waals surface area contributed by atoms with Crippen molar-refractivity contribution in [3.8, 4) is 0 Å². The van der Waals surface area contributed by atoms with Crippen LogP contribution in [0.2, 0.25) is 0 Å². The van der Waals surface area contributed by atoms with E-state index in [2.05, 4.69) is 6.07 Å². The molecule has 3 heteroatoms. The Kier molecular flexibility index (Phi) is 2.86. The maximum Gasteiger partial charge on any atom is 0.383 e. The molecule has 0 aliphatic rings. The van der Waals surface area contributed by atoms with Gasteiger partial charge in [-0.3, -0.25) is 0 Å². The summed E-state index contributed by atoms with van der Waals surface area (Å²) in [5, 5.41) is 0. The van der Waals surface area contributed by atoms with Gasteiger partial charge in [0, 0.05) is 0 Å². The van der Waals surface area contributed by atoms with E-state index < -0.39 is 5.54 Å². The first-order valence-electron chi connectivity index (χ1n) is 3.46. The van der Waals surface area contributed by atoms with Gasteiger partial charge in [0.25, 0.3) is 0 Å². The van der Waals surface area contributed by atoms with Crippen LogP contribution < -0.4 is 5.46 Å². The van der Waals surface area contributed by atoms with E-state index in [0.29, 0.717) is 0 Å². The summed E-state index contributed by atoms with van der Waals surface area (Å²) in [7, 11) is 0. The summed E-state index contributed by atoms with van der Waals surface area (Å²) in [6.45, 7) is 4.06. The second-order valence-electron chi connectivity index (χ2n) is 2.66. The van der Waals surface area contributed by atoms with Crippen molar-refractivity contribution in [2.75, 3.05) is 0 Å². The van der Waals surface area contributed by atoms with Gasteiger partial charge in [0.2, 0.25) is 0 Å². The van der Waals surface area contributed by atoms with E-state index in [4.69, 9.17) is 22.9 Å². The highest BCUT2D eigenvalue weighted by molar-refractivity contribution is 7.39. The Balaban J connectivity index is 3.09. The Morgan fingerprint density at radius 3 is 2.27 bits per heavy atom. The summed E-state index contributed by atoms with van der Waals surface area (Å²) in [5.41, 5.74) is 2.98. The number of rotatable bonds is 1. The van der Waals surface area contributed by atoms with Crippen molar-refractivity contribution in [2.24, 2.45) is 0 Å². The van der Waals surface area contributed by atoms with E-state index in [1.54, 1.807) is 0 Å². The van der Waals surface area contributed by atoms with Crippen molar-refractivity contribution in [3.05, 3.63) is 29.3 Å². The number of aryl methyl sites for hydroxylation is 2. The van der Waals surface area contributed by atoms with E-state index in [-0.39, 0.29) is 0 Å². The summed E-state index contributed by atoms with van der Waals surface area (Å²) < 4.78 is 0. The summed E-state index contributed by atoms with van der Waals surface area (Å²) in [4.78, 5) is 0. The molecule has 0 unspecified atom stereocenters. The van der Waals surface area contributed by atoms with Crippen LogP contribution >= 0.6 is 22.9 Å². The van der Waals surface area contributed by atoms with Crippen LogP contribution in [0.4, 0.5) is 0 Å². The molecule has 1 rings (SSSR count). The molecule has 0 aromatic heterocycles. The van der Waals surface area contributed by atoms with Gasteiger partial charge < -0.3 is 0 Å². The zero-order valence-electron chi connectivity index (χ0n) is 6.57. The van der Waals surface area contributed by atoms with Gasteiger partial charge in [0.05, 0.1) is 0 Å². The highest BCUT2D eigenvalue weighted by Gasteiger charge is 2.11. The quantitative estimate of drug-likeness (QED) is 0.592. The first-order chi connectivity index (χ1) is 5.11. The first-order valence-corrected chi connectivity index (χ1v) is 4.34. The minimum Gasteiger partial charge on any atom is -0.165 e. The molecule has 0 heterocycles. The fourth-order valence-corrected chi connectivity index (χ4v) is 1.56. The summed E-state index contributed by atoms with van der Waals surface area (Å²) in [6.07, 6.45) is 0. The molecule has 0 aliphatic heterocycles. The van der Waals surface area contributed by atoms with Crippen molar-refractivity contribution in [1.29, 1.82) is 0 Å². The van der Waals surface area contributed by atoms with Gasteiger partial charge in [0.15, 0.2) is 0 Å². The van der Waals surface area contributed by atoms with Crippen molar-refractivity contribution in [3.63, 3.8) is 0 Å². The molecule has 1 aromatic carbocycles. The van der Waals surface area contributed by atoms with Crippen LogP contribution in [0.5, 0.6) is 0 Å². The lowest BCUT2D eigenvalue weighted by Gasteiger charge is -2.03. The molecule has 0 spiro atoms. The van der Waals surface area contributed by atoms with Crippen LogP contribution in [0.3, 0.4) is 0 Å². The van der Waals surface area contributed by atoms with E-state index >= 15 is 0 Å². The molecule has 0 atom stereocenters. The lowest BCUT2D eigenvalue weighted by molar-refractivity contribution is 1.41. The van der Waals surface area contributed by atoms with Crippen LogP contribution in [0.25, 0.3) is 0 Å². The zero-order valence-corrected chi connectivity index (χ0v) is 8.08. The molecule has 0 saturated heterocycles. The Labute approximate surface area is 77.4 Å². The smallest absolute Gasteiger partial charge is 0.165 e. The van der Waals surface area contributed by atoms with Gasteiger partial charge in [-0.05, 0) is 19.3 Å². The molecule has 58 valence electrons. The molecule has 0 bridgehead atoms. The van der Waals surface area contributed by atoms with Crippen LogP contribution in [-0.4, -0.2) is 5.54 Å². The van der Waals surface area contributed by atoms with Gasteiger partial charge >= 0.3 is 5.54 Å². The molecule has 0 nitrogen and oxygen atoms in total. The van der Waals surface area contributed by atoms with Crippen molar-refractivity contribution in [1.82, 2.24) is 0 Å². The van der Waals surface area contributed by atoms with Crippen LogP contribution in [0.15, 0.2) is 18.2 Å². The van der Waals surface area contributed by atoms with Crippen molar-refractivity contribution < 1.29 is 0 Å². The molecule has 0 fully saturated rings. The molecular formula is C8H9BCl2. The van der Waals surface area contributed by atoms with E-state index in [0.717, 1.165) is 11.0 Å².